The van der Waals surface area contributed by atoms with Crippen molar-refractivity contribution in [3.05, 3.63) is 18.6 Å². The highest BCUT2D eigenvalue weighted by atomic mass is 16.2. The minimum absolute atomic E-state index is 0.0235. The lowest BCUT2D eigenvalue weighted by Gasteiger charge is -2.17. The van der Waals surface area contributed by atoms with Crippen molar-refractivity contribution in [3.8, 4) is 0 Å². The van der Waals surface area contributed by atoms with E-state index < -0.39 is 0 Å². The van der Waals surface area contributed by atoms with Gasteiger partial charge in [-0.1, -0.05) is 0 Å². The van der Waals surface area contributed by atoms with Crippen LogP contribution in [0.5, 0.6) is 0 Å². The van der Waals surface area contributed by atoms with E-state index in [1.807, 2.05) is 0 Å². The van der Waals surface area contributed by atoms with Crippen LogP contribution in [0.15, 0.2) is 18.6 Å². The number of rotatable bonds is 2. The third kappa shape index (κ3) is 2.11. The largest absolute Gasteiger partial charge is 0.324 e. The molecule has 2 fully saturated rings. The van der Waals surface area contributed by atoms with E-state index in [2.05, 4.69) is 15.3 Å². The van der Waals surface area contributed by atoms with Crippen LogP contribution in [0, 0.1) is 0 Å². The highest BCUT2D eigenvalue weighted by Gasteiger charge is 2.39. The van der Waals surface area contributed by atoms with Gasteiger partial charge in [0, 0.05) is 12.2 Å². The first kappa shape index (κ1) is 10.9. The Morgan fingerprint density at radius 3 is 2.94 bits per heavy atom. The lowest BCUT2D eigenvalue weighted by Crippen LogP contribution is -2.35. The fraction of sp³-hybridized carbons (Fsp3) is 0.455. The average molecular weight is 247 g/mol. The SMILES string of the molecule is O=C(Nc1ccncn1)N1CC(=O)N(C2CC2)C1. The van der Waals surface area contributed by atoms with Crippen LogP contribution in [-0.2, 0) is 4.79 Å². The van der Waals surface area contributed by atoms with Gasteiger partial charge in [0.25, 0.3) is 0 Å². The molecule has 1 aromatic rings. The molecule has 0 radical (unpaired) electrons. The maximum Gasteiger partial charge on any atom is 0.324 e. The lowest BCUT2D eigenvalue weighted by atomic mass is 10.5. The molecule has 0 unspecified atom stereocenters. The number of hydrogen-bond acceptors (Lipinski definition) is 4. The zero-order chi connectivity index (χ0) is 12.5. The molecule has 1 saturated carbocycles. The summed E-state index contributed by atoms with van der Waals surface area (Å²) in [7, 11) is 0. The number of aromatic nitrogens is 2. The Hall–Kier alpha value is -2.18. The molecule has 3 rings (SSSR count). The Bertz CT molecular complexity index is 474. The van der Waals surface area contributed by atoms with Gasteiger partial charge in [0.2, 0.25) is 5.91 Å². The Kier molecular flexibility index (Phi) is 2.58. The summed E-state index contributed by atoms with van der Waals surface area (Å²) in [6, 6.07) is 1.65. The van der Waals surface area contributed by atoms with Crippen molar-refractivity contribution in [2.24, 2.45) is 0 Å². The lowest BCUT2D eigenvalue weighted by molar-refractivity contribution is -0.127. The molecule has 18 heavy (non-hydrogen) atoms. The van der Waals surface area contributed by atoms with Gasteiger partial charge in [-0.25, -0.2) is 14.8 Å². The molecule has 0 aromatic carbocycles. The van der Waals surface area contributed by atoms with Crippen molar-refractivity contribution in [2.45, 2.75) is 18.9 Å². The van der Waals surface area contributed by atoms with Gasteiger partial charge in [-0.3, -0.25) is 15.0 Å². The van der Waals surface area contributed by atoms with Gasteiger partial charge in [0.15, 0.2) is 0 Å². The second kappa shape index (κ2) is 4.25. The number of anilines is 1. The highest BCUT2D eigenvalue weighted by molar-refractivity contribution is 5.93. The van der Waals surface area contributed by atoms with Crippen molar-refractivity contribution >= 4 is 17.8 Å². The molecule has 0 atom stereocenters. The predicted molar refractivity (Wildman–Crippen MR) is 62.5 cm³/mol. The van der Waals surface area contributed by atoms with E-state index in [-0.39, 0.29) is 18.5 Å². The van der Waals surface area contributed by atoms with Crippen molar-refractivity contribution in [1.82, 2.24) is 19.8 Å². The van der Waals surface area contributed by atoms with Gasteiger partial charge in [-0.15, -0.1) is 0 Å². The van der Waals surface area contributed by atoms with E-state index in [1.54, 1.807) is 17.2 Å². The standard InChI is InChI=1S/C11H13N5O2/c17-10-5-15(7-16(10)8-1-2-8)11(18)14-9-3-4-12-6-13-9/h3-4,6,8H,1-2,5,7H2,(H,12,13,14,18). The van der Waals surface area contributed by atoms with Gasteiger partial charge in [0.05, 0.1) is 6.67 Å². The second-order valence-electron chi connectivity index (χ2n) is 4.46. The van der Waals surface area contributed by atoms with Gasteiger partial charge >= 0.3 is 6.03 Å². The normalized spacial score (nSPS) is 19.2. The Balaban J connectivity index is 1.62. The topological polar surface area (TPSA) is 78.4 Å². The van der Waals surface area contributed by atoms with Crippen LogP contribution < -0.4 is 5.32 Å². The van der Waals surface area contributed by atoms with Crippen molar-refractivity contribution in [2.75, 3.05) is 18.5 Å². The van der Waals surface area contributed by atoms with Crippen LogP contribution in [0.2, 0.25) is 0 Å². The summed E-state index contributed by atoms with van der Waals surface area (Å²) in [6.07, 6.45) is 5.01. The van der Waals surface area contributed by atoms with E-state index >= 15 is 0 Å². The van der Waals surface area contributed by atoms with Gasteiger partial charge < -0.3 is 4.90 Å². The summed E-state index contributed by atoms with van der Waals surface area (Å²) in [5, 5.41) is 2.64. The van der Waals surface area contributed by atoms with Crippen LogP contribution in [-0.4, -0.2) is 51.0 Å². The molecule has 0 spiro atoms. The summed E-state index contributed by atoms with van der Waals surface area (Å²) in [5.41, 5.74) is 0. The molecule has 1 aromatic heterocycles. The summed E-state index contributed by atoms with van der Waals surface area (Å²) < 4.78 is 0. The van der Waals surface area contributed by atoms with Crippen LogP contribution in [0.1, 0.15) is 12.8 Å². The van der Waals surface area contributed by atoms with Gasteiger partial charge in [0.1, 0.15) is 18.7 Å². The first-order chi connectivity index (χ1) is 8.74. The monoisotopic (exact) mass is 247 g/mol. The van der Waals surface area contributed by atoms with Crippen LogP contribution >= 0.6 is 0 Å². The molecule has 1 saturated heterocycles. The molecule has 1 aliphatic heterocycles. The number of carbonyl (C=O) groups excluding carboxylic acids is 2. The van der Waals surface area contributed by atoms with E-state index in [1.165, 1.54) is 11.2 Å². The Labute approximate surface area is 104 Å². The molecular weight excluding hydrogens is 234 g/mol. The van der Waals surface area contributed by atoms with Crippen molar-refractivity contribution in [1.29, 1.82) is 0 Å². The maximum atomic E-state index is 11.9. The predicted octanol–water partition coefficient (Wildman–Crippen LogP) is 0.273. The fourth-order valence-corrected chi connectivity index (χ4v) is 1.96. The number of nitrogens with zero attached hydrogens (tertiary/aromatic N) is 4. The zero-order valence-electron chi connectivity index (χ0n) is 9.74. The van der Waals surface area contributed by atoms with E-state index in [4.69, 9.17) is 0 Å². The number of carbonyl (C=O) groups is 2. The molecule has 0 bridgehead atoms. The van der Waals surface area contributed by atoms with Crippen molar-refractivity contribution in [3.63, 3.8) is 0 Å². The smallest absolute Gasteiger partial charge is 0.320 e. The molecule has 7 heteroatoms. The summed E-state index contributed by atoms with van der Waals surface area (Å²) in [6.45, 7) is 0.522. The van der Waals surface area contributed by atoms with Crippen LogP contribution in [0.4, 0.5) is 10.6 Å². The first-order valence-electron chi connectivity index (χ1n) is 5.85. The molecule has 1 N–H and O–H groups in total. The quantitative estimate of drug-likeness (QED) is 0.813. The Morgan fingerprint density at radius 1 is 1.44 bits per heavy atom. The number of amides is 3. The molecule has 7 nitrogen and oxygen atoms in total. The molecule has 2 heterocycles. The molecule has 2 aliphatic rings. The average Bonchev–Trinajstić information content (AvgIpc) is 3.14. The van der Waals surface area contributed by atoms with Crippen LogP contribution in [0.25, 0.3) is 0 Å². The molecule has 3 amide bonds. The van der Waals surface area contributed by atoms with Gasteiger partial charge in [-0.2, -0.15) is 0 Å². The van der Waals surface area contributed by atoms with Crippen molar-refractivity contribution < 1.29 is 9.59 Å². The highest BCUT2D eigenvalue weighted by Crippen LogP contribution is 2.29. The zero-order valence-corrected chi connectivity index (χ0v) is 9.74. The van der Waals surface area contributed by atoms with Gasteiger partial charge in [-0.05, 0) is 18.9 Å². The second-order valence-corrected chi connectivity index (χ2v) is 4.46. The van der Waals surface area contributed by atoms with Crippen LogP contribution in [0.3, 0.4) is 0 Å². The number of urea groups is 1. The molecule has 94 valence electrons. The van der Waals surface area contributed by atoms with E-state index in [0.29, 0.717) is 18.5 Å². The minimum Gasteiger partial charge on any atom is -0.320 e. The maximum absolute atomic E-state index is 11.9. The summed E-state index contributed by atoms with van der Waals surface area (Å²) in [4.78, 5) is 34.6. The Morgan fingerprint density at radius 2 is 2.28 bits per heavy atom. The number of hydrogen-bond donors (Lipinski definition) is 1. The fourth-order valence-electron chi connectivity index (χ4n) is 1.96. The van der Waals surface area contributed by atoms with E-state index in [0.717, 1.165) is 12.8 Å². The molecular formula is C11H13N5O2. The summed E-state index contributed by atoms with van der Waals surface area (Å²) >= 11 is 0. The summed E-state index contributed by atoms with van der Waals surface area (Å²) in [5.74, 6) is 0.461. The third-order valence-corrected chi connectivity index (χ3v) is 3.06. The minimum atomic E-state index is -0.301. The number of nitrogens with one attached hydrogen (secondary N) is 1. The first-order valence-corrected chi connectivity index (χ1v) is 5.85. The molecule has 1 aliphatic carbocycles. The van der Waals surface area contributed by atoms with E-state index in [9.17, 15) is 9.59 Å². The third-order valence-electron chi connectivity index (χ3n) is 3.06.